The minimum Gasteiger partial charge on any atom is -0.497 e. The van der Waals surface area contributed by atoms with Gasteiger partial charge in [-0.05, 0) is 48.9 Å². The van der Waals surface area contributed by atoms with Gasteiger partial charge in [0.05, 0.1) is 12.6 Å². The molecule has 5 heteroatoms. The standard InChI is InChI=1S/C19H22N4O/c1-24-16-7-5-14(6-8-16)12-15-13-18-17(4-2-10-21-18)19(23-15)22-11-3-9-20/h2,4-8,10,13H,3,9,11-12,20H2,1H3,(H,22,23). The van der Waals surface area contributed by atoms with Gasteiger partial charge in [-0.1, -0.05) is 12.1 Å². The first-order valence-electron chi connectivity index (χ1n) is 8.11. The van der Waals surface area contributed by atoms with Crippen LogP contribution in [0.5, 0.6) is 5.75 Å². The van der Waals surface area contributed by atoms with E-state index in [1.165, 1.54) is 5.56 Å². The molecule has 0 amide bonds. The molecule has 0 saturated carbocycles. The summed E-state index contributed by atoms with van der Waals surface area (Å²) in [5.41, 5.74) is 8.70. The summed E-state index contributed by atoms with van der Waals surface area (Å²) in [5.74, 6) is 1.73. The van der Waals surface area contributed by atoms with Crippen molar-refractivity contribution in [1.29, 1.82) is 0 Å². The van der Waals surface area contributed by atoms with E-state index in [1.54, 1.807) is 7.11 Å². The Kier molecular flexibility index (Phi) is 5.23. The van der Waals surface area contributed by atoms with E-state index in [9.17, 15) is 0 Å². The third-order valence-electron chi connectivity index (χ3n) is 3.87. The van der Waals surface area contributed by atoms with Crippen LogP contribution in [0.25, 0.3) is 10.9 Å². The van der Waals surface area contributed by atoms with Crippen LogP contribution in [0.3, 0.4) is 0 Å². The Bertz CT molecular complexity index is 802. The van der Waals surface area contributed by atoms with Gasteiger partial charge in [-0.15, -0.1) is 0 Å². The molecule has 0 aliphatic rings. The normalized spacial score (nSPS) is 10.8. The molecule has 3 N–H and O–H groups in total. The molecular weight excluding hydrogens is 300 g/mol. The fourth-order valence-corrected chi connectivity index (χ4v) is 2.61. The number of hydrogen-bond donors (Lipinski definition) is 2. The van der Waals surface area contributed by atoms with Crippen LogP contribution in [0.4, 0.5) is 5.82 Å². The van der Waals surface area contributed by atoms with E-state index >= 15 is 0 Å². The van der Waals surface area contributed by atoms with Crippen LogP contribution >= 0.6 is 0 Å². The fraction of sp³-hybridized carbons (Fsp3) is 0.263. The number of fused-ring (bicyclic) bond motifs is 1. The molecule has 0 bridgehead atoms. The van der Waals surface area contributed by atoms with Gasteiger partial charge in [0.1, 0.15) is 11.6 Å². The molecule has 3 rings (SSSR count). The summed E-state index contributed by atoms with van der Waals surface area (Å²) in [4.78, 5) is 9.26. The van der Waals surface area contributed by atoms with E-state index < -0.39 is 0 Å². The topological polar surface area (TPSA) is 73.1 Å². The summed E-state index contributed by atoms with van der Waals surface area (Å²) < 4.78 is 5.21. The van der Waals surface area contributed by atoms with Gasteiger partial charge in [0, 0.05) is 30.2 Å². The third-order valence-corrected chi connectivity index (χ3v) is 3.87. The maximum atomic E-state index is 5.58. The van der Waals surface area contributed by atoms with Crippen molar-refractivity contribution in [2.45, 2.75) is 12.8 Å². The molecule has 0 aliphatic heterocycles. The van der Waals surface area contributed by atoms with E-state index in [0.717, 1.165) is 47.6 Å². The van der Waals surface area contributed by atoms with Crippen molar-refractivity contribution in [2.24, 2.45) is 5.73 Å². The molecule has 5 nitrogen and oxygen atoms in total. The Labute approximate surface area is 141 Å². The Morgan fingerprint density at radius 1 is 1.17 bits per heavy atom. The van der Waals surface area contributed by atoms with Crippen LogP contribution in [0.15, 0.2) is 48.7 Å². The van der Waals surface area contributed by atoms with Crippen molar-refractivity contribution < 1.29 is 4.74 Å². The highest BCUT2D eigenvalue weighted by Crippen LogP contribution is 2.22. The molecule has 2 heterocycles. The number of nitrogens with two attached hydrogens (primary N) is 1. The Hall–Kier alpha value is -2.66. The molecule has 1 aromatic carbocycles. The van der Waals surface area contributed by atoms with Gasteiger partial charge >= 0.3 is 0 Å². The molecule has 0 radical (unpaired) electrons. The molecule has 0 fully saturated rings. The van der Waals surface area contributed by atoms with Crippen LogP contribution in [0.1, 0.15) is 17.7 Å². The Balaban J connectivity index is 1.89. The van der Waals surface area contributed by atoms with Gasteiger partial charge in [0.2, 0.25) is 0 Å². The molecule has 124 valence electrons. The predicted octanol–water partition coefficient (Wildman–Crippen LogP) is 2.99. The first-order chi connectivity index (χ1) is 11.8. The average molecular weight is 322 g/mol. The molecule has 0 aliphatic carbocycles. The fourth-order valence-electron chi connectivity index (χ4n) is 2.61. The van der Waals surface area contributed by atoms with Crippen LogP contribution in [0, 0.1) is 0 Å². The lowest BCUT2D eigenvalue weighted by Crippen LogP contribution is -2.10. The molecular formula is C19H22N4O. The Morgan fingerprint density at radius 3 is 2.75 bits per heavy atom. The molecule has 3 aromatic rings. The number of nitrogens with one attached hydrogen (secondary N) is 1. The van der Waals surface area contributed by atoms with Gasteiger partial charge in [0.25, 0.3) is 0 Å². The zero-order chi connectivity index (χ0) is 16.8. The molecule has 0 atom stereocenters. The summed E-state index contributed by atoms with van der Waals surface area (Å²) >= 11 is 0. The quantitative estimate of drug-likeness (QED) is 0.654. The number of hydrogen-bond acceptors (Lipinski definition) is 5. The smallest absolute Gasteiger partial charge is 0.135 e. The second kappa shape index (κ2) is 7.75. The Morgan fingerprint density at radius 2 is 2.00 bits per heavy atom. The van der Waals surface area contributed by atoms with Crippen molar-refractivity contribution in [2.75, 3.05) is 25.5 Å². The summed E-state index contributed by atoms with van der Waals surface area (Å²) in [6.45, 7) is 1.47. The maximum absolute atomic E-state index is 5.58. The molecule has 0 unspecified atom stereocenters. The number of rotatable bonds is 7. The summed E-state index contributed by atoms with van der Waals surface area (Å²) in [5, 5.41) is 4.42. The van der Waals surface area contributed by atoms with Crippen molar-refractivity contribution >= 4 is 16.7 Å². The number of methoxy groups -OCH3 is 1. The minimum absolute atomic E-state index is 0.661. The van der Waals surface area contributed by atoms with Crippen LogP contribution in [-0.2, 0) is 6.42 Å². The largest absolute Gasteiger partial charge is 0.497 e. The highest BCUT2D eigenvalue weighted by molar-refractivity contribution is 5.89. The lowest BCUT2D eigenvalue weighted by Gasteiger charge is -2.11. The van der Waals surface area contributed by atoms with Gasteiger partial charge in [-0.2, -0.15) is 0 Å². The van der Waals surface area contributed by atoms with Gasteiger partial charge in [-0.25, -0.2) is 4.98 Å². The van der Waals surface area contributed by atoms with Crippen LogP contribution in [-0.4, -0.2) is 30.2 Å². The van der Waals surface area contributed by atoms with Gasteiger partial charge in [-0.3, -0.25) is 4.98 Å². The van der Waals surface area contributed by atoms with Gasteiger partial charge in [0.15, 0.2) is 0 Å². The average Bonchev–Trinajstić information content (AvgIpc) is 2.62. The number of benzene rings is 1. The number of anilines is 1. The second-order valence-corrected chi connectivity index (χ2v) is 5.63. The highest BCUT2D eigenvalue weighted by Gasteiger charge is 2.07. The maximum Gasteiger partial charge on any atom is 0.135 e. The minimum atomic E-state index is 0.661. The lowest BCUT2D eigenvalue weighted by atomic mass is 10.1. The van der Waals surface area contributed by atoms with Crippen LogP contribution < -0.4 is 15.8 Å². The highest BCUT2D eigenvalue weighted by atomic mass is 16.5. The van der Waals surface area contributed by atoms with Crippen molar-refractivity contribution in [3.8, 4) is 5.75 Å². The first kappa shape index (κ1) is 16.2. The van der Waals surface area contributed by atoms with E-state index in [-0.39, 0.29) is 0 Å². The van der Waals surface area contributed by atoms with Gasteiger partial charge < -0.3 is 15.8 Å². The molecule has 0 saturated heterocycles. The van der Waals surface area contributed by atoms with Crippen LogP contribution in [0.2, 0.25) is 0 Å². The van der Waals surface area contributed by atoms with E-state index in [1.807, 2.05) is 36.5 Å². The molecule has 0 spiro atoms. The zero-order valence-corrected chi connectivity index (χ0v) is 13.8. The number of pyridine rings is 2. The monoisotopic (exact) mass is 322 g/mol. The summed E-state index contributed by atoms with van der Waals surface area (Å²) in [7, 11) is 1.67. The van der Waals surface area contributed by atoms with Crippen molar-refractivity contribution in [3.05, 3.63) is 59.9 Å². The summed E-state index contributed by atoms with van der Waals surface area (Å²) in [6, 6.07) is 14.1. The second-order valence-electron chi connectivity index (χ2n) is 5.63. The SMILES string of the molecule is COc1ccc(Cc2cc3ncccc3c(NCCCN)n2)cc1. The first-order valence-corrected chi connectivity index (χ1v) is 8.11. The van der Waals surface area contributed by atoms with E-state index in [0.29, 0.717) is 6.54 Å². The number of ether oxygens (including phenoxy) is 1. The third kappa shape index (κ3) is 3.81. The lowest BCUT2D eigenvalue weighted by molar-refractivity contribution is 0.414. The van der Waals surface area contributed by atoms with E-state index in [2.05, 4.69) is 22.4 Å². The van der Waals surface area contributed by atoms with Crippen molar-refractivity contribution in [1.82, 2.24) is 9.97 Å². The van der Waals surface area contributed by atoms with Crippen molar-refractivity contribution in [3.63, 3.8) is 0 Å². The number of aromatic nitrogens is 2. The predicted molar refractivity (Wildman–Crippen MR) is 97.5 cm³/mol. The zero-order valence-electron chi connectivity index (χ0n) is 13.8. The number of nitrogens with zero attached hydrogens (tertiary/aromatic N) is 2. The molecule has 24 heavy (non-hydrogen) atoms. The summed E-state index contributed by atoms with van der Waals surface area (Å²) in [6.07, 6.45) is 3.47. The van der Waals surface area contributed by atoms with E-state index in [4.69, 9.17) is 15.5 Å². The molecule has 2 aromatic heterocycles.